The minimum atomic E-state index is -0.428. The van der Waals surface area contributed by atoms with Gasteiger partial charge in [-0.2, -0.15) is 0 Å². The third kappa shape index (κ3) is 1.38. The summed E-state index contributed by atoms with van der Waals surface area (Å²) in [5, 5.41) is 0. The maximum Gasteiger partial charge on any atom is 0.335 e. The number of esters is 1. The van der Waals surface area contributed by atoms with E-state index in [4.69, 9.17) is 4.74 Å². The molecule has 64 valence electrons. The minimum Gasteiger partial charge on any atom is -0.423 e. The van der Waals surface area contributed by atoms with Gasteiger partial charge in [-0.05, 0) is 23.3 Å². The van der Waals surface area contributed by atoms with Gasteiger partial charge in [-0.3, -0.25) is 0 Å². The van der Waals surface area contributed by atoms with Gasteiger partial charge in [0, 0.05) is 6.08 Å². The summed E-state index contributed by atoms with van der Waals surface area (Å²) in [7, 11) is 0. The van der Waals surface area contributed by atoms with E-state index in [0.717, 1.165) is 11.6 Å². The van der Waals surface area contributed by atoms with E-state index in [2.05, 4.69) is 6.58 Å². The molecule has 0 spiro atoms. The zero-order chi connectivity index (χ0) is 9.26. The SMILES string of the molecule is C=CC(=O)Oc1ccc2c(c1)C=C2. The van der Waals surface area contributed by atoms with E-state index in [9.17, 15) is 4.79 Å². The highest BCUT2D eigenvalue weighted by atomic mass is 16.5. The molecule has 0 radical (unpaired) electrons. The van der Waals surface area contributed by atoms with E-state index in [0.29, 0.717) is 5.75 Å². The van der Waals surface area contributed by atoms with Crippen LogP contribution >= 0.6 is 0 Å². The Morgan fingerprint density at radius 3 is 2.62 bits per heavy atom. The van der Waals surface area contributed by atoms with Crippen LogP contribution in [0.2, 0.25) is 0 Å². The molecule has 1 aromatic rings. The molecule has 0 amide bonds. The van der Waals surface area contributed by atoms with Crippen LogP contribution in [0.1, 0.15) is 11.1 Å². The first kappa shape index (κ1) is 7.80. The third-order valence-electron chi connectivity index (χ3n) is 1.89. The van der Waals surface area contributed by atoms with Crippen molar-refractivity contribution in [2.75, 3.05) is 0 Å². The minimum absolute atomic E-state index is 0.428. The lowest BCUT2D eigenvalue weighted by Crippen LogP contribution is -2.03. The van der Waals surface area contributed by atoms with Crippen molar-refractivity contribution in [1.29, 1.82) is 0 Å². The molecule has 0 heterocycles. The van der Waals surface area contributed by atoms with E-state index in [-0.39, 0.29) is 0 Å². The van der Waals surface area contributed by atoms with E-state index in [1.54, 1.807) is 6.07 Å². The number of fused-ring (bicyclic) bond motifs is 1. The lowest BCUT2D eigenvalue weighted by atomic mass is 9.98. The van der Waals surface area contributed by atoms with Crippen LogP contribution in [-0.2, 0) is 4.79 Å². The zero-order valence-corrected chi connectivity index (χ0v) is 6.99. The van der Waals surface area contributed by atoms with Crippen LogP contribution in [0.3, 0.4) is 0 Å². The highest BCUT2D eigenvalue weighted by Crippen LogP contribution is 2.27. The number of rotatable bonds is 2. The van der Waals surface area contributed by atoms with Crippen molar-refractivity contribution in [3.05, 3.63) is 42.0 Å². The maximum atomic E-state index is 10.8. The molecule has 1 aliphatic carbocycles. The van der Waals surface area contributed by atoms with Crippen LogP contribution in [0.5, 0.6) is 5.75 Å². The highest BCUT2D eigenvalue weighted by molar-refractivity contribution is 5.87. The van der Waals surface area contributed by atoms with Gasteiger partial charge in [0.05, 0.1) is 0 Å². The third-order valence-corrected chi connectivity index (χ3v) is 1.89. The second-order valence-electron chi connectivity index (χ2n) is 2.75. The average molecular weight is 172 g/mol. The number of hydrogen-bond donors (Lipinski definition) is 0. The average Bonchev–Trinajstić information content (AvgIpc) is 2.10. The summed E-state index contributed by atoms with van der Waals surface area (Å²) in [5.41, 5.74) is 2.28. The number of benzene rings is 1. The molecule has 0 unspecified atom stereocenters. The molecular weight excluding hydrogens is 164 g/mol. The molecule has 1 aliphatic rings. The van der Waals surface area contributed by atoms with Gasteiger partial charge in [0.15, 0.2) is 0 Å². The summed E-state index contributed by atoms with van der Waals surface area (Å²) in [5.74, 6) is 0.135. The molecule has 0 bridgehead atoms. The van der Waals surface area contributed by atoms with E-state index < -0.39 is 5.97 Å². The Morgan fingerprint density at radius 1 is 1.31 bits per heavy atom. The van der Waals surface area contributed by atoms with Gasteiger partial charge in [-0.15, -0.1) is 0 Å². The highest BCUT2D eigenvalue weighted by Gasteiger charge is 2.07. The fourth-order valence-corrected chi connectivity index (χ4v) is 1.15. The van der Waals surface area contributed by atoms with Gasteiger partial charge in [-0.1, -0.05) is 24.8 Å². The summed E-state index contributed by atoms with van der Waals surface area (Å²) < 4.78 is 4.94. The van der Waals surface area contributed by atoms with Gasteiger partial charge < -0.3 is 4.74 Å². The Balaban J connectivity index is 2.20. The molecule has 13 heavy (non-hydrogen) atoms. The van der Waals surface area contributed by atoms with E-state index in [1.807, 2.05) is 24.3 Å². The first-order chi connectivity index (χ1) is 6.29. The number of ether oxygens (including phenoxy) is 1. The number of hydrogen-bond acceptors (Lipinski definition) is 2. The Bertz CT molecular complexity index is 403. The first-order valence-corrected chi connectivity index (χ1v) is 3.96. The zero-order valence-electron chi connectivity index (χ0n) is 6.99. The Labute approximate surface area is 76.1 Å². The van der Waals surface area contributed by atoms with Crippen LogP contribution in [0, 0.1) is 0 Å². The Hall–Kier alpha value is -1.83. The summed E-state index contributed by atoms with van der Waals surface area (Å²) in [6.07, 6.45) is 5.13. The number of carbonyl (C=O) groups excluding carboxylic acids is 1. The van der Waals surface area contributed by atoms with Crippen LogP contribution in [0.15, 0.2) is 30.9 Å². The standard InChI is InChI=1S/C11H8O2/c1-2-11(12)13-10-6-5-8-3-4-9(8)7-10/h2-7H,1H2. The summed E-state index contributed by atoms with van der Waals surface area (Å²) in [6, 6.07) is 5.52. The maximum absolute atomic E-state index is 10.8. The lowest BCUT2D eigenvalue weighted by Gasteiger charge is -2.11. The van der Waals surface area contributed by atoms with Crippen molar-refractivity contribution in [1.82, 2.24) is 0 Å². The molecule has 2 nitrogen and oxygen atoms in total. The van der Waals surface area contributed by atoms with Crippen molar-refractivity contribution in [3.8, 4) is 5.75 Å². The van der Waals surface area contributed by atoms with E-state index in [1.165, 1.54) is 5.56 Å². The smallest absolute Gasteiger partial charge is 0.335 e. The quantitative estimate of drug-likeness (QED) is 0.394. The van der Waals surface area contributed by atoms with Gasteiger partial charge in [0.1, 0.15) is 5.75 Å². The van der Waals surface area contributed by atoms with Crippen molar-refractivity contribution in [3.63, 3.8) is 0 Å². The predicted molar refractivity (Wildman–Crippen MR) is 51.2 cm³/mol. The molecule has 0 aliphatic heterocycles. The molecule has 0 aromatic heterocycles. The molecular formula is C11H8O2. The van der Waals surface area contributed by atoms with Crippen molar-refractivity contribution >= 4 is 18.1 Å². The fourth-order valence-electron chi connectivity index (χ4n) is 1.15. The van der Waals surface area contributed by atoms with Gasteiger partial charge in [0.25, 0.3) is 0 Å². The fraction of sp³-hybridized carbons (Fsp3) is 0. The second kappa shape index (κ2) is 2.90. The van der Waals surface area contributed by atoms with Gasteiger partial charge in [-0.25, -0.2) is 4.79 Å². The van der Waals surface area contributed by atoms with Crippen molar-refractivity contribution in [2.24, 2.45) is 0 Å². The molecule has 0 atom stereocenters. The van der Waals surface area contributed by atoms with Gasteiger partial charge >= 0.3 is 5.97 Å². The second-order valence-corrected chi connectivity index (χ2v) is 2.75. The summed E-state index contributed by atoms with van der Waals surface area (Å²) in [4.78, 5) is 10.8. The summed E-state index contributed by atoms with van der Waals surface area (Å²) >= 11 is 0. The molecule has 0 N–H and O–H groups in total. The van der Waals surface area contributed by atoms with Gasteiger partial charge in [0.2, 0.25) is 0 Å². The largest absolute Gasteiger partial charge is 0.423 e. The first-order valence-electron chi connectivity index (χ1n) is 3.96. The molecule has 0 saturated carbocycles. The van der Waals surface area contributed by atoms with E-state index >= 15 is 0 Å². The monoisotopic (exact) mass is 172 g/mol. The molecule has 1 aromatic carbocycles. The van der Waals surface area contributed by atoms with Crippen molar-refractivity contribution < 1.29 is 9.53 Å². The molecule has 2 heteroatoms. The lowest BCUT2D eigenvalue weighted by molar-refractivity contribution is -0.128. The Morgan fingerprint density at radius 2 is 2.08 bits per heavy atom. The van der Waals surface area contributed by atoms with Crippen LogP contribution < -0.4 is 4.74 Å². The van der Waals surface area contributed by atoms with Crippen LogP contribution in [0.25, 0.3) is 12.2 Å². The predicted octanol–water partition coefficient (Wildman–Crippen LogP) is 2.26. The summed E-state index contributed by atoms with van der Waals surface area (Å²) in [6.45, 7) is 3.32. The molecule has 2 rings (SSSR count). The van der Waals surface area contributed by atoms with Crippen LogP contribution in [0.4, 0.5) is 0 Å². The Kier molecular flexibility index (Phi) is 1.74. The molecule has 0 saturated heterocycles. The number of carbonyl (C=O) groups is 1. The normalized spacial score (nSPS) is 11.4. The van der Waals surface area contributed by atoms with Crippen molar-refractivity contribution in [2.45, 2.75) is 0 Å². The molecule has 0 fully saturated rings. The topological polar surface area (TPSA) is 26.3 Å². The van der Waals surface area contributed by atoms with Crippen LogP contribution in [-0.4, -0.2) is 5.97 Å².